The fourth-order valence-electron chi connectivity index (χ4n) is 13.1. The monoisotopic (exact) mass is 709 g/mol. The molecule has 0 aliphatic heterocycles. The standard InChI is InChI=1S/C54H47N/c1-33-21-24-40(25-22-33)55(50-20-10-18-48-52(50)43-14-5-6-16-45(43)53(48,2)3)49-19-9-12-36-11-8-15-41(51(36)49)37-23-26-47-44(32-37)42-13-4-7-17-46(42)54(47)38-28-34-27-35(30-38)31-39(54)29-34/h4-26,32,34-35,38-39H,27-31H2,1-3H3. The van der Waals surface area contributed by atoms with Crippen molar-refractivity contribution in [3.8, 4) is 33.4 Å². The van der Waals surface area contributed by atoms with Gasteiger partial charge in [0.2, 0.25) is 0 Å². The predicted octanol–water partition coefficient (Wildman–Crippen LogP) is 14.3. The van der Waals surface area contributed by atoms with E-state index in [1.807, 2.05) is 0 Å². The fraction of sp³-hybridized carbons (Fsp3) is 0.259. The summed E-state index contributed by atoms with van der Waals surface area (Å²) in [5, 5.41) is 2.56. The first-order chi connectivity index (χ1) is 26.9. The zero-order valence-electron chi connectivity index (χ0n) is 32.1. The van der Waals surface area contributed by atoms with Crippen LogP contribution >= 0.6 is 0 Å². The Balaban J connectivity index is 1.09. The van der Waals surface area contributed by atoms with E-state index in [9.17, 15) is 0 Å². The summed E-state index contributed by atoms with van der Waals surface area (Å²) < 4.78 is 0. The number of benzene rings is 7. The van der Waals surface area contributed by atoms with E-state index in [4.69, 9.17) is 0 Å². The molecule has 4 fully saturated rings. The van der Waals surface area contributed by atoms with Gasteiger partial charge < -0.3 is 4.90 Å². The second-order valence-electron chi connectivity index (χ2n) is 18.2. The molecule has 0 saturated heterocycles. The van der Waals surface area contributed by atoms with Crippen LogP contribution in [-0.2, 0) is 10.8 Å². The molecule has 0 N–H and O–H groups in total. The molecular weight excluding hydrogens is 663 g/mol. The molecule has 6 aliphatic carbocycles. The van der Waals surface area contributed by atoms with E-state index in [2.05, 4.69) is 171 Å². The van der Waals surface area contributed by atoms with Gasteiger partial charge in [-0.1, -0.05) is 135 Å². The van der Waals surface area contributed by atoms with Crippen molar-refractivity contribution in [1.82, 2.24) is 0 Å². The van der Waals surface area contributed by atoms with E-state index in [1.165, 1.54) is 110 Å². The van der Waals surface area contributed by atoms with Gasteiger partial charge in [0.1, 0.15) is 0 Å². The van der Waals surface area contributed by atoms with Crippen LogP contribution in [-0.4, -0.2) is 0 Å². The first kappa shape index (κ1) is 31.9. The molecule has 0 heterocycles. The van der Waals surface area contributed by atoms with Gasteiger partial charge in [-0.2, -0.15) is 0 Å². The minimum atomic E-state index is -0.0832. The topological polar surface area (TPSA) is 3.24 Å². The highest BCUT2D eigenvalue weighted by molar-refractivity contribution is 6.09. The molecule has 0 radical (unpaired) electrons. The molecule has 6 aliphatic rings. The minimum Gasteiger partial charge on any atom is -0.309 e. The predicted molar refractivity (Wildman–Crippen MR) is 230 cm³/mol. The van der Waals surface area contributed by atoms with Crippen molar-refractivity contribution in [1.29, 1.82) is 0 Å². The molecule has 0 atom stereocenters. The van der Waals surface area contributed by atoms with Gasteiger partial charge in [0.15, 0.2) is 0 Å². The van der Waals surface area contributed by atoms with Crippen LogP contribution in [0.4, 0.5) is 17.1 Å². The lowest BCUT2D eigenvalue weighted by molar-refractivity contribution is -0.0399. The van der Waals surface area contributed by atoms with Gasteiger partial charge >= 0.3 is 0 Å². The van der Waals surface area contributed by atoms with E-state index < -0.39 is 0 Å². The maximum atomic E-state index is 2.58. The van der Waals surface area contributed by atoms with Crippen LogP contribution in [0.2, 0.25) is 0 Å². The van der Waals surface area contributed by atoms with E-state index in [0.717, 1.165) is 23.7 Å². The molecule has 55 heavy (non-hydrogen) atoms. The van der Waals surface area contributed by atoms with Crippen molar-refractivity contribution < 1.29 is 0 Å². The third-order valence-corrected chi connectivity index (χ3v) is 15.1. The minimum absolute atomic E-state index is 0.0832. The van der Waals surface area contributed by atoms with Crippen LogP contribution in [0, 0.1) is 30.6 Å². The average molecular weight is 710 g/mol. The van der Waals surface area contributed by atoms with Crippen LogP contribution in [0.1, 0.15) is 73.8 Å². The SMILES string of the molecule is Cc1ccc(N(c2cccc3c2-c2ccccc2C3(C)C)c2cccc3cccc(-c4ccc5c(c4)-c4ccccc4C54C5CC6CC(C5)CC4C6)c23)cc1. The van der Waals surface area contributed by atoms with Gasteiger partial charge in [-0.3, -0.25) is 0 Å². The van der Waals surface area contributed by atoms with Crippen LogP contribution in [0.25, 0.3) is 44.2 Å². The fourth-order valence-corrected chi connectivity index (χ4v) is 13.1. The lowest BCUT2D eigenvalue weighted by atomic mass is 9.43. The molecule has 0 amide bonds. The van der Waals surface area contributed by atoms with Crippen LogP contribution in [0.5, 0.6) is 0 Å². The molecular formula is C54H47N. The molecule has 0 unspecified atom stereocenters. The molecule has 13 rings (SSSR count). The number of aryl methyl sites for hydroxylation is 1. The molecule has 1 heteroatoms. The van der Waals surface area contributed by atoms with E-state index >= 15 is 0 Å². The second-order valence-corrected chi connectivity index (χ2v) is 18.2. The average Bonchev–Trinajstić information content (AvgIpc) is 3.63. The zero-order chi connectivity index (χ0) is 36.6. The smallest absolute Gasteiger partial charge is 0.0546 e. The normalized spacial score (nSPS) is 24.5. The Morgan fingerprint density at radius 2 is 1.09 bits per heavy atom. The maximum Gasteiger partial charge on any atom is 0.0546 e. The third-order valence-electron chi connectivity index (χ3n) is 15.1. The first-order valence-corrected chi connectivity index (χ1v) is 20.8. The summed E-state index contributed by atoms with van der Waals surface area (Å²) in [6.07, 6.45) is 7.13. The highest BCUT2D eigenvalue weighted by Gasteiger charge is 2.61. The third kappa shape index (κ3) is 4.25. The number of fused-ring (bicyclic) bond motifs is 7. The molecule has 4 bridgehead atoms. The Hall–Kier alpha value is -5.40. The zero-order valence-corrected chi connectivity index (χ0v) is 32.1. The van der Waals surface area contributed by atoms with Crippen LogP contribution in [0.15, 0.2) is 146 Å². The number of hydrogen-bond acceptors (Lipinski definition) is 1. The van der Waals surface area contributed by atoms with E-state index in [0.29, 0.717) is 0 Å². The van der Waals surface area contributed by atoms with Crippen LogP contribution in [0.3, 0.4) is 0 Å². The van der Waals surface area contributed by atoms with Crippen molar-refractivity contribution in [3.63, 3.8) is 0 Å². The molecule has 1 nitrogen and oxygen atoms in total. The summed E-state index contributed by atoms with van der Waals surface area (Å²) in [6, 6.07) is 56.1. The Morgan fingerprint density at radius 1 is 0.491 bits per heavy atom. The molecule has 7 aromatic carbocycles. The van der Waals surface area contributed by atoms with Gasteiger partial charge in [-0.05, 0) is 148 Å². The largest absolute Gasteiger partial charge is 0.309 e. The van der Waals surface area contributed by atoms with Crippen molar-refractivity contribution in [2.75, 3.05) is 4.90 Å². The van der Waals surface area contributed by atoms with Gasteiger partial charge in [0.25, 0.3) is 0 Å². The molecule has 0 aromatic heterocycles. The molecule has 268 valence electrons. The Bertz CT molecular complexity index is 2680. The summed E-state index contributed by atoms with van der Waals surface area (Å²) in [4.78, 5) is 2.55. The number of rotatable bonds is 4. The van der Waals surface area contributed by atoms with Gasteiger partial charge in [0, 0.05) is 27.5 Å². The lowest BCUT2D eigenvalue weighted by Gasteiger charge is -2.61. The Kier molecular flexibility index (Phi) is 6.57. The van der Waals surface area contributed by atoms with E-state index in [-0.39, 0.29) is 10.8 Å². The van der Waals surface area contributed by atoms with Crippen LogP contribution < -0.4 is 4.90 Å². The maximum absolute atomic E-state index is 2.58. The second kappa shape index (κ2) is 11.3. The summed E-state index contributed by atoms with van der Waals surface area (Å²) in [5.74, 6) is 3.43. The first-order valence-electron chi connectivity index (χ1n) is 20.8. The lowest BCUT2D eigenvalue weighted by Crippen LogP contribution is -2.55. The van der Waals surface area contributed by atoms with Gasteiger partial charge in [-0.25, -0.2) is 0 Å². The number of nitrogens with zero attached hydrogens (tertiary/aromatic N) is 1. The summed E-state index contributed by atoms with van der Waals surface area (Å²) in [6.45, 7) is 6.95. The van der Waals surface area contributed by atoms with Gasteiger partial charge in [0.05, 0.1) is 11.4 Å². The van der Waals surface area contributed by atoms with E-state index in [1.54, 1.807) is 11.1 Å². The summed E-state index contributed by atoms with van der Waals surface area (Å²) >= 11 is 0. The van der Waals surface area contributed by atoms with Crippen molar-refractivity contribution in [2.45, 2.75) is 63.7 Å². The Morgan fingerprint density at radius 3 is 1.85 bits per heavy atom. The summed E-state index contributed by atoms with van der Waals surface area (Å²) in [7, 11) is 0. The number of anilines is 3. The quantitative estimate of drug-likeness (QED) is 0.176. The molecule has 4 saturated carbocycles. The van der Waals surface area contributed by atoms with Crippen molar-refractivity contribution in [3.05, 3.63) is 173 Å². The number of hydrogen-bond donors (Lipinski definition) is 0. The van der Waals surface area contributed by atoms with Crippen molar-refractivity contribution >= 4 is 27.8 Å². The Labute approximate surface area is 325 Å². The highest BCUT2D eigenvalue weighted by atomic mass is 15.1. The van der Waals surface area contributed by atoms with Gasteiger partial charge in [-0.15, -0.1) is 0 Å². The highest BCUT2D eigenvalue weighted by Crippen LogP contribution is 2.69. The van der Waals surface area contributed by atoms with Crippen molar-refractivity contribution in [2.24, 2.45) is 23.7 Å². The molecule has 7 aromatic rings. The summed E-state index contributed by atoms with van der Waals surface area (Å²) in [5.41, 5.74) is 19.3. The molecule has 1 spiro atoms.